The van der Waals surface area contributed by atoms with Gasteiger partial charge in [0.05, 0.1) is 11.7 Å². The van der Waals surface area contributed by atoms with E-state index in [2.05, 4.69) is 9.97 Å². The summed E-state index contributed by atoms with van der Waals surface area (Å²) in [7, 11) is 1.79. The molecule has 6 nitrogen and oxygen atoms in total. The minimum Gasteiger partial charge on any atom is -0.343 e. The van der Waals surface area contributed by atoms with Gasteiger partial charge < -0.3 is 9.80 Å². The molecular weight excluding hydrogens is 268 g/mol. The molecule has 114 valence electrons. The van der Waals surface area contributed by atoms with Gasteiger partial charge in [-0.15, -0.1) is 0 Å². The third-order valence-corrected chi connectivity index (χ3v) is 4.00. The number of nitrogens with zero attached hydrogens (tertiary/aromatic N) is 4. The highest BCUT2D eigenvalue weighted by molar-refractivity contribution is 5.78. The number of rotatable bonds is 6. The minimum atomic E-state index is -0.0751. The molecule has 1 aromatic rings. The van der Waals surface area contributed by atoms with Gasteiger partial charge in [-0.05, 0) is 25.8 Å². The van der Waals surface area contributed by atoms with Gasteiger partial charge in [0, 0.05) is 39.2 Å². The maximum atomic E-state index is 12.2. The lowest BCUT2D eigenvalue weighted by Crippen LogP contribution is -2.31. The molecule has 6 heteroatoms. The number of hydrogen-bond acceptors (Lipinski definition) is 4. The van der Waals surface area contributed by atoms with Crippen LogP contribution in [0, 0.1) is 0 Å². The summed E-state index contributed by atoms with van der Waals surface area (Å²) >= 11 is 0. The van der Waals surface area contributed by atoms with Gasteiger partial charge >= 0.3 is 0 Å². The molecule has 0 radical (unpaired) electrons. The van der Waals surface area contributed by atoms with Crippen molar-refractivity contribution >= 4 is 11.8 Å². The van der Waals surface area contributed by atoms with Gasteiger partial charge in [0.25, 0.3) is 0 Å². The van der Waals surface area contributed by atoms with E-state index in [-0.39, 0.29) is 17.9 Å². The number of hydrogen-bond donors (Lipinski definition) is 0. The molecule has 1 aromatic heterocycles. The van der Waals surface area contributed by atoms with E-state index in [9.17, 15) is 9.59 Å². The van der Waals surface area contributed by atoms with Crippen molar-refractivity contribution in [1.82, 2.24) is 19.8 Å². The molecule has 0 spiro atoms. The number of aromatic nitrogens is 2. The highest BCUT2D eigenvalue weighted by atomic mass is 16.2. The van der Waals surface area contributed by atoms with Crippen LogP contribution in [0.3, 0.4) is 0 Å². The second kappa shape index (κ2) is 7.15. The molecule has 1 aliphatic rings. The van der Waals surface area contributed by atoms with Crippen molar-refractivity contribution in [3.8, 4) is 0 Å². The second-order valence-corrected chi connectivity index (χ2v) is 5.40. The van der Waals surface area contributed by atoms with Gasteiger partial charge in [-0.2, -0.15) is 0 Å². The Morgan fingerprint density at radius 2 is 2.33 bits per heavy atom. The molecule has 0 bridgehead atoms. The monoisotopic (exact) mass is 290 g/mol. The van der Waals surface area contributed by atoms with Gasteiger partial charge in [-0.1, -0.05) is 0 Å². The van der Waals surface area contributed by atoms with Gasteiger partial charge in [-0.3, -0.25) is 9.59 Å². The van der Waals surface area contributed by atoms with E-state index in [4.69, 9.17) is 0 Å². The van der Waals surface area contributed by atoms with Crippen molar-refractivity contribution in [2.45, 2.75) is 38.6 Å². The van der Waals surface area contributed by atoms with Crippen LogP contribution in [-0.4, -0.2) is 51.7 Å². The molecular formula is C15H22N4O2. The summed E-state index contributed by atoms with van der Waals surface area (Å²) in [6.45, 7) is 3.46. The van der Waals surface area contributed by atoms with E-state index >= 15 is 0 Å². The molecule has 1 unspecified atom stereocenters. The maximum absolute atomic E-state index is 12.2. The fraction of sp³-hybridized carbons (Fsp3) is 0.600. The molecule has 21 heavy (non-hydrogen) atoms. The van der Waals surface area contributed by atoms with Crippen LogP contribution in [0.25, 0.3) is 0 Å². The first-order chi connectivity index (χ1) is 10.1. The van der Waals surface area contributed by atoms with Crippen molar-refractivity contribution in [3.05, 3.63) is 24.3 Å². The van der Waals surface area contributed by atoms with Crippen molar-refractivity contribution in [3.63, 3.8) is 0 Å². The number of amides is 2. The van der Waals surface area contributed by atoms with Gasteiger partial charge in [0.1, 0.15) is 6.33 Å². The van der Waals surface area contributed by atoms with Crippen LogP contribution in [0.1, 0.15) is 44.3 Å². The van der Waals surface area contributed by atoms with Crippen LogP contribution in [-0.2, 0) is 9.59 Å². The summed E-state index contributed by atoms with van der Waals surface area (Å²) in [5.74, 6) is 0.290. The van der Waals surface area contributed by atoms with Crippen molar-refractivity contribution in [2.75, 3.05) is 20.1 Å². The molecule has 1 aliphatic heterocycles. The Bertz CT molecular complexity index is 492. The largest absolute Gasteiger partial charge is 0.343 e. The molecule has 0 aliphatic carbocycles. The van der Waals surface area contributed by atoms with Crippen LogP contribution < -0.4 is 0 Å². The van der Waals surface area contributed by atoms with Gasteiger partial charge in [0.2, 0.25) is 11.8 Å². The summed E-state index contributed by atoms with van der Waals surface area (Å²) in [5.41, 5.74) is 0.829. The van der Waals surface area contributed by atoms with Crippen LogP contribution in [0.4, 0.5) is 0 Å². The molecule has 2 rings (SSSR count). The average molecular weight is 290 g/mol. The molecule has 1 atom stereocenters. The first-order valence-corrected chi connectivity index (χ1v) is 7.39. The zero-order valence-electron chi connectivity index (χ0n) is 12.7. The lowest BCUT2D eigenvalue weighted by molar-refractivity contribution is -0.133. The molecule has 1 saturated heterocycles. The Labute approximate surface area is 125 Å². The smallest absolute Gasteiger partial charge is 0.222 e. The summed E-state index contributed by atoms with van der Waals surface area (Å²) in [6.07, 6.45) is 5.93. The Morgan fingerprint density at radius 3 is 2.95 bits per heavy atom. The fourth-order valence-corrected chi connectivity index (χ4v) is 2.50. The third-order valence-electron chi connectivity index (χ3n) is 4.00. The van der Waals surface area contributed by atoms with Crippen molar-refractivity contribution < 1.29 is 9.59 Å². The third kappa shape index (κ3) is 4.00. The van der Waals surface area contributed by atoms with E-state index in [0.29, 0.717) is 25.8 Å². The van der Waals surface area contributed by atoms with Crippen molar-refractivity contribution in [2.24, 2.45) is 0 Å². The first-order valence-electron chi connectivity index (χ1n) is 7.39. The lowest BCUT2D eigenvalue weighted by atomic mass is 10.2. The van der Waals surface area contributed by atoms with E-state index in [1.165, 1.54) is 6.33 Å². The quantitative estimate of drug-likeness (QED) is 0.794. The van der Waals surface area contributed by atoms with Crippen LogP contribution >= 0.6 is 0 Å². The van der Waals surface area contributed by atoms with E-state index in [1.807, 2.05) is 17.9 Å². The Kier molecular flexibility index (Phi) is 5.25. The van der Waals surface area contributed by atoms with E-state index < -0.39 is 0 Å². The predicted molar refractivity (Wildman–Crippen MR) is 78.3 cm³/mol. The predicted octanol–water partition coefficient (Wildman–Crippen LogP) is 1.40. The summed E-state index contributed by atoms with van der Waals surface area (Å²) < 4.78 is 0. The average Bonchev–Trinajstić information content (AvgIpc) is 2.92. The van der Waals surface area contributed by atoms with E-state index in [0.717, 1.165) is 18.7 Å². The van der Waals surface area contributed by atoms with Crippen molar-refractivity contribution in [1.29, 1.82) is 0 Å². The number of likely N-dealkylation sites (tertiary alicyclic amines) is 1. The molecule has 1 fully saturated rings. The highest BCUT2D eigenvalue weighted by Crippen LogP contribution is 2.17. The van der Waals surface area contributed by atoms with E-state index in [1.54, 1.807) is 18.1 Å². The Hall–Kier alpha value is -1.98. The Balaban J connectivity index is 1.78. The zero-order valence-corrected chi connectivity index (χ0v) is 12.7. The molecule has 2 heterocycles. The number of carbonyl (C=O) groups excluding carboxylic acids is 2. The Morgan fingerprint density at radius 1 is 1.52 bits per heavy atom. The van der Waals surface area contributed by atoms with Gasteiger partial charge in [-0.25, -0.2) is 9.97 Å². The summed E-state index contributed by atoms with van der Waals surface area (Å²) in [6, 6.07) is 1.74. The molecule has 0 N–H and O–H groups in total. The van der Waals surface area contributed by atoms with Crippen LogP contribution in [0.2, 0.25) is 0 Å². The standard InChI is InChI=1S/C15H22N4O2/c1-12(13-7-8-16-11-17-13)18(2)14(20)5-3-9-19-10-4-6-15(19)21/h7-8,11-12H,3-6,9-10H2,1-2H3. The van der Waals surface area contributed by atoms with Gasteiger partial charge in [0.15, 0.2) is 0 Å². The highest BCUT2D eigenvalue weighted by Gasteiger charge is 2.21. The number of carbonyl (C=O) groups is 2. The molecule has 0 saturated carbocycles. The SMILES string of the molecule is CC(c1ccncn1)N(C)C(=O)CCCN1CCCC1=O. The summed E-state index contributed by atoms with van der Waals surface area (Å²) in [4.78, 5) is 35.3. The molecule has 0 aromatic carbocycles. The zero-order chi connectivity index (χ0) is 15.2. The fourth-order valence-electron chi connectivity index (χ4n) is 2.50. The minimum absolute atomic E-state index is 0.0751. The lowest BCUT2D eigenvalue weighted by Gasteiger charge is -2.25. The van der Waals surface area contributed by atoms with Crippen LogP contribution in [0.15, 0.2) is 18.6 Å². The maximum Gasteiger partial charge on any atom is 0.222 e. The first kappa shape index (κ1) is 15.4. The summed E-state index contributed by atoms with van der Waals surface area (Å²) in [5, 5.41) is 0. The topological polar surface area (TPSA) is 66.4 Å². The molecule has 2 amide bonds. The normalized spacial score (nSPS) is 16.1. The second-order valence-electron chi connectivity index (χ2n) is 5.40. The van der Waals surface area contributed by atoms with Crippen LogP contribution in [0.5, 0.6) is 0 Å².